The van der Waals surface area contributed by atoms with Crippen molar-refractivity contribution in [1.29, 1.82) is 0 Å². The van der Waals surface area contributed by atoms with E-state index in [0.29, 0.717) is 43.1 Å². The van der Waals surface area contributed by atoms with Crippen LogP contribution < -0.4 is 21.1 Å². The molecular weight excluding hydrogens is 1550 g/mol. The van der Waals surface area contributed by atoms with E-state index in [9.17, 15) is 77.2 Å². The Morgan fingerprint density at radius 3 is 1.48 bits per heavy atom. The fraction of sp³-hybridized carbons (Fsp3) is 0.279. The smallest absolute Gasteiger partial charge is 0.409 e. The molecule has 0 unspecified atom stereocenters. The normalized spacial score (nSPS) is 11.7. The molecule has 7 aromatic rings. The summed E-state index contributed by atoms with van der Waals surface area (Å²) in [4.78, 5) is 94.6. The molecule has 0 aliphatic carbocycles. The third-order valence-corrected chi connectivity index (χ3v) is 14.0. The third-order valence-electron chi connectivity index (χ3n) is 12.3. The van der Waals surface area contributed by atoms with Crippen LogP contribution >= 0.6 is 84.2 Å². The van der Waals surface area contributed by atoms with Crippen molar-refractivity contribution in [2.75, 3.05) is 70.5 Å². The summed E-state index contributed by atoms with van der Waals surface area (Å²) < 4.78 is 61.9. The van der Waals surface area contributed by atoms with E-state index >= 15 is 0 Å². The zero-order valence-electron chi connectivity index (χ0n) is 52.6. The summed E-state index contributed by atoms with van der Waals surface area (Å²) in [6, 6.07) is 32.4. The van der Waals surface area contributed by atoms with Crippen molar-refractivity contribution in [2.45, 2.75) is 50.2 Å². The number of alkyl halides is 3. The Bertz CT molecular complexity index is 3640. The molecule has 5 aromatic carbocycles. The molecule has 526 valence electrons. The summed E-state index contributed by atoms with van der Waals surface area (Å²) in [5, 5.41) is 47.5. The lowest BCUT2D eigenvalue weighted by Crippen LogP contribution is -2.48. The molecule has 4 N–H and O–H groups in total. The first-order valence-corrected chi connectivity index (χ1v) is 31.1. The van der Waals surface area contributed by atoms with Gasteiger partial charge in [-0.25, -0.2) is 9.59 Å². The Labute approximate surface area is 597 Å². The van der Waals surface area contributed by atoms with Crippen molar-refractivity contribution in [3.05, 3.63) is 237 Å². The Morgan fingerprint density at radius 1 is 0.619 bits per heavy atom. The van der Waals surface area contributed by atoms with Gasteiger partial charge in [-0.2, -0.15) is 17.6 Å². The zero-order valence-corrected chi connectivity index (χ0v) is 59.7. The first kappa shape index (κ1) is 88.4. The third kappa shape index (κ3) is 33.8. The van der Waals surface area contributed by atoms with Gasteiger partial charge < -0.3 is 35.6 Å². The number of anilines is 2. The molecule has 2 fully saturated rings. The van der Waals surface area contributed by atoms with Crippen molar-refractivity contribution < 1.29 is 65.9 Å². The molecule has 36 heteroatoms. The van der Waals surface area contributed by atoms with E-state index in [1.807, 2.05) is 54.0 Å². The minimum Gasteiger partial charge on any atom is -0.453 e. The summed E-state index contributed by atoms with van der Waals surface area (Å²) >= 11 is 14.1. The summed E-state index contributed by atoms with van der Waals surface area (Å²) in [7, 11) is 1.33. The Balaban J connectivity index is 0.00000110. The summed E-state index contributed by atoms with van der Waals surface area (Å²) in [6.45, 7) is 14.4. The van der Waals surface area contributed by atoms with Crippen LogP contribution in [0.2, 0.25) is 0 Å². The number of aryl methyl sites for hydroxylation is 3. The Kier molecular flexibility index (Phi) is 43.2. The molecule has 2 aliphatic rings. The van der Waals surface area contributed by atoms with E-state index in [2.05, 4.69) is 77.9 Å². The van der Waals surface area contributed by atoms with Crippen molar-refractivity contribution >= 4 is 142 Å². The quantitative estimate of drug-likeness (QED) is 0.0376. The van der Waals surface area contributed by atoms with Crippen LogP contribution in [-0.2, 0) is 26.2 Å². The van der Waals surface area contributed by atoms with Gasteiger partial charge in [-0.1, -0.05) is 115 Å². The number of para-hydroxylation sites is 1. The average molecular weight is 1620 g/mol. The Morgan fingerprint density at radius 2 is 1.08 bits per heavy atom. The topological polar surface area (TPSA) is 345 Å². The SMILES string of the molecule is CC(=O)N1CCNCC1.CC(=O)Nc1ccc(C)nc1.COC(=O)N1CCN(Cc2cccc([N+](=O)[O-])c2F)CC1.Cc1ccc(N)cn1.Cc1cccc([N+](=O)[O-])c1F.Cl.Cl.O=C(Cl)Oc1ccccc1.O=[N+]([O-])c1cccc(C(Br)Br)c1F.O=[N+]([O-])c1cccc(CBr)c1F. The van der Waals surface area contributed by atoms with Gasteiger partial charge in [-0.3, -0.25) is 64.9 Å². The number of hydrogen-bond acceptors (Lipinski definition) is 19. The molecule has 2 aliphatic heterocycles. The van der Waals surface area contributed by atoms with Gasteiger partial charge in [0.25, 0.3) is 0 Å². The second-order valence-corrected chi connectivity index (χ2v) is 23.2. The largest absolute Gasteiger partial charge is 0.453 e. The van der Waals surface area contributed by atoms with Crippen LogP contribution in [0.4, 0.5) is 61.3 Å². The molecule has 0 spiro atoms. The highest BCUT2D eigenvalue weighted by atomic mass is 79.9. The fourth-order valence-electron chi connectivity index (χ4n) is 7.50. The maximum Gasteiger partial charge on any atom is 0.409 e. The predicted octanol–water partition coefficient (Wildman–Crippen LogP) is 14.8. The van der Waals surface area contributed by atoms with Crippen LogP contribution in [0.15, 0.2) is 140 Å². The molecular formula is C61H68Br3Cl3F4N12O14. The zero-order chi connectivity index (χ0) is 71.3. The van der Waals surface area contributed by atoms with Crippen LogP contribution in [-0.4, -0.2) is 127 Å². The van der Waals surface area contributed by atoms with Crippen LogP contribution in [0.5, 0.6) is 5.75 Å². The van der Waals surface area contributed by atoms with Gasteiger partial charge in [-0.15, -0.1) is 24.8 Å². The second kappa shape index (κ2) is 47.4. The number of carbonyl (C=O) groups excluding carboxylic acids is 4. The number of aromatic nitrogens is 2. The number of carbonyl (C=O) groups is 4. The molecule has 0 atom stereocenters. The Hall–Kier alpha value is -8.57. The number of rotatable bonds is 10. The molecule has 26 nitrogen and oxygen atoms in total. The van der Waals surface area contributed by atoms with Crippen LogP contribution in [0.1, 0.15) is 51.2 Å². The van der Waals surface area contributed by atoms with Gasteiger partial charge in [0, 0.05) is 142 Å². The predicted molar refractivity (Wildman–Crippen MR) is 374 cm³/mol. The van der Waals surface area contributed by atoms with E-state index in [1.54, 1.807) is 48.5 Å². The van der Waals surface area contributed by atoms with Gasteiger partial charge in [0.1, 0.15) is 5.75 Å². The molecule has 4 heterocycles. The minimum absolute atomic E-state index is 0. The lowest BCUT2D eigenvalue weighted by molar-refractivity contribution is -0.387. The standard InChI is InChI=1S/C13H16FN3O4.C8H10N2O.C7H4Br2FNO2.C7H5BrFNO2.C7H5ClO2.C7H6FNO2.C6H12N2O.C6H8N2.2ClH/c1-21-13(18)16-7-5-15(6-8-16)9-10-3-2-4-11(12(10)14)17(19)20;1-6-3-4-8(5-9-6)10-7(2)11;8-7(9)4-2-1-3-5(6(4)10)11(12)13;8-4-5-2-1-3-6(7(5)9)10(11)12;8-7(9)10-6-4-2-1-3-5-6;1-5-3-2-4-6(7(5)8)9(10)11;1-6(9)8-4-2-7-3-5-8;1-5-2-3-6(7)4-8-5;;/h2-4H,5-9H2,1H3;3-5H,1-2H3,(H,10,11);1-3,7H;1-3H,4H2;1-5H;2-4H,1H3;7H,2-5H2,1H3;2-4H,7H2,1H3;2*1H. The maximum absolute atomic E-state index is 14.0. The highest BCUT2D eigenvalue weighted by molar-refractivity contribution is 9.24. The number of nitrogens with one attached hydrogen (secondary N) is 2. The number of halogens is 10. The number of methoxy groups -OCH3 is 1. The number of nitrogen functional groups attached to an aromatic ring is 1. The number of nitrogens with zero attached hydrogens (tertiary/aromatic N) is 9. The highest BCUT2D eigenvalue weighted by Crippen LogP contribution is 2.34. The molecule has 0 bridgehead atoms. The molecule has 2 aromatic heterocycles. The first-order valence-electron chi connectivity index (χ1n) is 27.7. The number of ether oxygens (including phenoxy) is 2. The monoisotopic (exact) mass is 1610 g/mol. The summed E-state index contributed by atoms with van der Waals surface area (Å²) in [5.41, 5.74) is 7.07. The summed E-state index contributed by atoms with van der Waals surface area (Å²) in [5.74, 6) is -2.55. The van der Waals surface area contributed by atoms with Crippen molar-refractivity contribution in [3.63, 3.8) is 0 Å². The second-order valence-electron chi connectivity index (χ2n) is 19.3. The van der Waals surface area contributed by atoms with Crippen LogP contribution in [0.25, 0.3) is 0 Å². The van der Waals surface area contributed by atoms with Gasteiger partial charge >= 0.3 is 34.3 Å². The van der Waals surface area contributed by atoms with Crippen molar-refractivity contribution in [3.8, 4) is 5.75 Å². The number of piperazine rings is 2. The van der Waals surface area contributed by atoms with E-state index < -0.39 is 74.9 Å². The lowest BCUT2D eigenvalue weighted by atomic mass is 10.1. The first-order chi connectivity index (χ1) is 44.9. The van der Waals surface area contributed by atoms with Gasteiger partial charge in [0.15, 0.2) is 0 Å². The maximum atomic E-state index is 14.0. The van der Waals surface area contributed by atoms with Crippen LogP contribution in [0, 0.1) is 84.5 Å². The molecule has 0 saturated carbocycles. The average Bonchev–Trinajstić information content (AvgIpc) is 0.986. The molecule has 9 rings (SSSR count). The molecule has 3 amide bonds. The van der Waals surface area contributed by atoms with Gasteiger partial charge in [0.05, 0.1) is 54.3 Å². The van der Waals surface area contributed by atoms with Crippen molar-refractivity contribution in [1.82, 2.24) is 30.0 Å². The number of nitro groups is 4. The molecule has 97 heavy (non-hydrogen) atoms. The minimum atomic E-state index is -0.814. The molecule has 2 saturated heterocycles. The van der Waals surface area contributed by atoms with Gasteiger partial charge in [-0.05, 0) is 62.7 Å². The number of benzene rings is 5. The number of pyridine rings is 2. The number of hydrogen-bond donors (Lipinski definition) is 3. The van der Waals surface area contributed by atoms with Gasteiger partial charge in [0.2, 0.25) is 35.1 Å². The molecule has 0 radical (unpaired) electrons. The van der Waals surface area contributed by atoms with Crippen LogP contribution in [0.3, 0.4) is 0 Å². The lowest BCUT2D eigenvalue weighted by Gasteiger charge is -2.33. The van der Waals surface area contributed by atoms with E-state index in [1.165, 1.54) is 69.5 Å². The highest BCUT2D eigenvalue weighted by Gasteiger charge is 2.25. The van der Waals surface area contributed by atoms with Crippen molar-refractivity contribution in [2.24, 2.45) is 0 Å². The number of nitrogens with two attached hydrogens (primary N) is 1. The summed E-state index contributed by atoms with van der Waals surface area (Å²) in [6.07, 6.45) is 2.91. The van der Waals surface area contributed by atoms with E-state index in [-0.39, 0.29) is 65.7 Å². The number of amides is 3. The van der Waals surface area contributed by atoms with E-state index in [4.69, 9.17) is 17.3 Å². The fourth-order valence-corrected chi connectivity index (χ4v) is 8.73. The van der Waals surface area contributed by atoms with E-state index in [0.717, 1.165) is 73.2 Å². The number of nitro benzene ring substituents is 4.